The van der Waals surface area contributed by atoms with Gasteiger partial charge in [-0.05, 0) is 20.8 Å². The van der Waals surface area contributed by atoms with Crippen molar-refractivity contribution in [2.45, 2.75) is 26.4 Å². The third-order valence-corrected chi connectivity index (χ3v) is 2.34. The average Bonchev–Trinajstić information content (AvgIpc) is 2.11. The van der Waals surface area contributed by atoms with Gasteiger partial charge in [-0.1, -0.05) is 0 Å². The molecule has 0 spiro atoms. The van der Waals surface area contributed by atoms with E-state index in [4.69, 9.17) is 0 Å². The molecule has 1 rings (SSSR count). The Morgan fingerprint density at radius 3 is 2.40 bits per heavy atom. The first-order valence-electron chi connectivity index (χ1n) is 3.12. The van der Waals surface area contributed by atoms with E-state index in [-0.39, 0.29) is 0 Å². The fourth-order valence-corrected chi connectivity index (χ4v) is 1.39. The van der Waals surface area contributed by atoms with Gasteiger partial charge in [0, 0.05) is 11.1 Å². The molecule has 10 heavy (non-hydrogen) atoms. The third-order valence-electron chi connectivity index (χ3n) is 1.13. The Balaban J connectivity index is 2.96. The summed E-state index contributed by atoms with van der Waals surface area (Å²) in [6, 6.07) is 0. The Bertz CT molecular complexity index is 224. The summed E-state index contributed by atoms with van der Waals surface area (Å²) in [5, 5.41) is 0.560. The highest BCUT2D eigenvalue weighted by Gasteiger charge is 2.21. The Morgan fingerprint density at radius 2 is 2.20 bits per heavy atom. The molecule has 0 atom stereocenters. The lowest BCUT2D eigenvalue weighted by molar-refractivity contribution is 0.220. The minimum Gasteiger partial charge on any atom is -0.246 e. The highest BCUT2D eigenvalue weighted by Crippen LogP contribution is 2.27. The summed E-state index contributed by atoms with van der Waals surface area (Å²) in [7, 11) is 0. The summed E-state index contributed by atoms with van der Waals surface area (Å²) in [6.07, 6.45) is 1.70. The number of thiazole rings is 1. The molecule has 0 amide bonds. The summed E-state index contributed by atoms with van der Waals surface area (Å²) in [5.41, 5.74) is -1.28. The van der Waals surface area contributed by atoms with Crippen molar-refractivity contribution in [3.63, 3.8) is 0 Å². The molecule has 0 bridgehead atoms. The highest BCUT2D eigenvalue weighted by atomic mass is 32.1. The second kappa shape index (κ2) is 2.31. The van der Waals surface area contributed by atoms with Gasteiger partial charge >= 0.3 is 0 Å². The summed E-state index contributed by atoms with van der Waals surface area (Å²) >= 11 is 1.41. The van der Waals surface area contributed by atoms with E-state index >= 15 is 0 Å². The maximum Gasteiger partial charge on any atom is 0.156 e. The average molecular weight is 159 g/mol. The first kappa shape index (κ1) is 7.66. The molecule has 0 fully saturated rings. The van der Waals surface area contributed by atoms with Crippen LogP contribution in [0.5, 0.6) is 0 Å². The fourth-order valence-electron chi connectivity index (χ4n) is 0.630. The van der Waals surface area contributed by atoms with Crippen LogP contribution in [0.3, 0.4) is 0 Å². The number of aryl methyl sites for hydroxylation is 1. The SMILES string of the molecule is Cc1cnc(C(C)(C)F)s1. The third kappa shape index (κ3) is 1.53. The number of rotatable bonds is 1. The normalized spacial score (nSPS) is 12.0. The number of alkyl halides is 1. The van der Waals surface area contributed by atoms with E-state index in [1.807, 2.05) is 6.92 Å². The van der Waals surface area contributed by atoms with Crippen molar-refractivity contribution in [2.75, 3.05) is 0 Å². The van der Waals surface area contributed by atoms with Crippen LogP contribution in [0.25, 0.3) is 0 Å². The number of aromatic nitrogens is 1. The Hall–Kier alpha value is -0.440. The molecule has 0 unspecified atom stereocenters. The first-order valence-corrected chi connectivity index (χ1v) is 3.93. The molecular formula is C7H10FNS. The van der Waals surface area contributed by atoms with Crippen molar-refractivity contribution >= 4 is 11.3 Å². The Morgan fingerprint density at radius 1 is 1.60 bits per heavy atom. The van der Waals surface area contributed by atoms with E-state index in [0.717, 1.165) is 4.88 Å². The standard InChI is InChI=1S/C7H10FNS/c1-5-4-9-6(10-5)7(2,3)8/h4H,1-3H3. The van der Waals surface area contributed by atoms with Gasteiger partial charge in [-0.15, -0.1) is 11.3 Å². The quantitative estimate of drug-likeness (QED) is 0.614. The predicted octanol–water partition coefficient (Wildman–Crippen LogP) is 2.66. The molecule has 0 aromatic carbocycles. The maximum absolute atomic E-state index is 13.1. The molecule has 1 aromatic heterocycles. The van der Waals surface area contributed by atoms with Crippen LogP contribution in [0.15, 0.2) is 6.20 Å². The highest BCUT2D eigenvalue weighted by molar-refractivity contribution is 7.11. The van der Waals surface area contributed by atoms with Gasteiger partial charge in [0.15, 0.2) is 5.67 Å². The molecule has 0 aliphatic heterocycles. The van der Waals surface area contributed by atoms with Crippen LogP contribution in [0.4, 0.5) is 4.39 Å². The van der Waals surface area contributed by atoms with Crippen molar-refractivity contribution < 1.29 is 4.39 Å². The van der Waals surface area contributed by atoms with E-state index in [1.54, 1.807) is 6.20 Å². The number of hydrogen-bond donors (Lipinski definition) is 0. The summed E-state index contributed by atoms with van der Waals surface area (Å²) in [6.45, 7) is 4.96. The van der Waals surface area contributed by atoms with Crippen molar-refractivity contribution in [2.24, 2.45) is 0 Å². The molecule has 1 heterocycles. The zero-order valence-corrected chi connectivity index (χ0v) is 7.13. The molecule has 3 heteroatoms. The van der Waals surface area contributed by atoms with Gasteiger partial charge in [-0.25, -0.2) is 9.37 Å². The van der Waals surface area contributed by atoms with Crippen molar-refractivity contribution in [1.82, 2.24) is 4.98 Å². The van der Waals surface area contributed by atoms with Crippen molar-refractivity contribution in [1.29, 1.82) is 0 Å². The molecule has 0 aliphatic rings. The van der Waals surface area contributed by atoms with Gasteiger partial charge in [0.05, 0.1) is 0 Å². The van der Waals surface area contributed by atoms with Gasteiger partial charge < -0.3 is 0 Å². The lowest BCUT2D eigenvalue weighted by atomic mass is 10.2. The second-order valence-corrected chi connectivity index (χ2v) is 3.98. The van der Waals surface area contributed by atoms with Crippen LogP contribution in [-0.2, 0) is 5.67 Å². The molecule has 1 nitrogen and oxygen atoms in total. The zero-order valence-electron chi connectivity index (χ0n) is 6.31. The Labute approximate surface area is 63.9 Å². The van der Waals surface area contributed by atoms with Crippen LogP contribution < -0.4 is 0 Å². The van der Waals surface area contributed by atoms with E-state index in [0.29, 0.717) is 5.01 Å². The minimum absolute atomic E-state index is 0.560. The van der Waals surface area contributed by atoms with Gasteiger partial charge in [0.1, 0.15) is 5.01 Å². The molecule has 0 aliphatic carbocycles. The number of hydrogen-bond acceptors (Lipinski definition) is 2. The van der Waals surface area contributed by atoms with Gasteiger partial charge in [0.2, 0.25) is 0 Å². The molecule has 0 saturated carbocycles. The monoisotopic (exact) mass is 159 g/mol. The Kier molecular flexibility index (Phi) is 1.77. The van der Waals surface area contributed by atoms with Gasteiger partial charge in [-0.2, -0.15) is 0 Å². The van der Waals surface area contributed by atoms with Crippen LogP contribution >= 0.6 is 11.3 Å². The van der Waals surface area contributed by atoms with Crippen LogP contribution in [0.2, 0.25) is 0 Å². The maximum atomic E-state index is 13.1. The van der Waals surface area contributed by atoms with Crippen LogP contribution in [0.1, 0.15) is 23.7 Å². The molecule has 56 valence electrons. The first-order chi connectivity index (χ1) is 4.50. The fraction of sp³-hybridized carbons (Fsp3) is 0.571. The summed E-state index contributed by atoms with van der Waals surface area (Å²) in [4.78, 5) is 4.99. The molecule has 0 saturated heterocycles. The molecule has 0 radical (unpaired) electrons. The van der Waals surface area contributed by atoms with Gasteiger partial charge in [-0.3, -0.25) is 0 Å². The van der Waals surface area contributed by atoms with E-state index in [1.165, 1.54) is 25.2 Å². The second-order valence-electron chi connectivity index (χ2n) is 2.75. The lowest BCUT2D eigenvalue weighted by Gasteiger charge is -2.08. The largest absolute Gasteiger partial charge is 0.246 e. The van der Waals surface area contributed by atoms with Crippen molar-refractivity contribution in [3.8, 4) is 0 Å². The minimum atomic E-state index is -1.28. The number of halogens is 1. The smallest absolute Gasteiger partial charge is 0.156 e. The summed E-state index contributed by atoms with van der Waals surface area (Å²) in [5.74, 6) is 0. The van der Waals surface area contributed by atoms with E-state index in [2.05, 4.69) is 4.98 Å². The summed E-state index contributed by atoms with van der Waals surface area (Å²) < 4.78 is 13.1. The van der Waals surface area contributed by atoms with Gasteiger partial charge in [0.25, 0.3) is 0 Å². The molecule has 0 N–H and O–H groups in total. The van der Waals surface area contributed by atoms with Crippen LogP contribution in [0, 0.1) is 6.92 Å². The molecule has 1 aromatic rings. The lowest BCUT2D eigenvalue weighted by Crippen LogP contribution is -2.07. The zero-order chi connectivity index (χ0) is 7.78. The predicted molar refractivity (Wildman–Crippen MR) is 41.0 cm³/mol. The van der Waals surface area contributed by atoms with Crippen molar-refractivity contribution in [3.05, 3.63) is 16.1 Å². The van der Waals surface area contributed by atoms with E-state index < -0.39 is 5.67 Å². The van der Waals surface area contributed by atoms with Crippen LogP contribution in [-0.4, -0.2) is 4.98 Å². The molecular weight excluding hydrogens is 149 g/mol. The number of nitrogens with zero attached hydrogens (tertiary/aromatic N) is 1. The topological polar surface area (TPSA) is 12.9 Å². The van der Waals surface area contributed by atoms with E-state index in [9.17, 15) is 4.39 Å².